The van der Waals surface area contributed by atoms with Crippen LogP contribution in [-0.4, -0.2) is 18.1 Å². The monoisotopic (exact) mass is 232 g/mol. The van der Waals surface area contributed by atoms with E-state index in [-0.39, 0.29) is 5.54 Å². The van der Waals surface area contributed by atoms with E-state index in [1.54, 1.807) is 0 Å². The standard InChI is InChI=1S/C15H24N2/c1-11-5-6-12(2)14(9-11)17-10-13(16)7-8-15(17,3)4/h5-6,9,13H,7-8,10,16H2,1-4H3. The molecule has 1 atom stereocenters. The number of rotatable bonds is 1. The van der Waals surface area contributed by atoms with Gasteiger partial charge in [0.05, 0.1) is 0 Å². The fraction of sp³-hybridized carbons (Fsp3) is 0.600. The van der Waals surface area contributed by atoms with Crippen molar-refractivity contribution in [3.8, 4) is 0 Å². The smallest absolute Gasteiger partial charge is 0.0403 e. The number of hydrogen-bond donors (Lipinski definition) is 1. The Kier molecular flexibility index (Phi) is 3.17. The van der Waals surface area contributed by atoms with E-state index in [2.05, 4.69) is 50.8 Å². The number of piperidine rings is 1. The van der Waals surface area contributed by atoms with Crippen molar-refractivity contribution in [2.45, 2.75) is 52.1 Å². The van der Waals surface area contributed by atoms with Crippen molar-refractivity contribution in [2.75, 3.05) is 11.4 Å². The molecule has 1 saturated heterocycles. The highest BCUT2D eigenvalue weighted by Crippen LogP contribution is 2.34. The van der Waals surface area contributed by atoms with Gasteiger partial charge in [0.25, 0.3) is 0 Å². The maximum Gasteiger partial charge on any atom is 0.0403 e. The van der Waals surface area contributed by atoms with E-state index in [1.807, 2.05) is 0 Å². The van der Waals surface area contributed by atoms with E-state index in [0.29, 0.717) is 6.04 Å². The highest BCUT2D eigenvalue weighted by molar-refractivity contribution is 5.57. The van der Waals surface area contributed by atoms with Crippen molar-refractivity contribution in [3.63, 3.8) is 0 Å². The fourth-order valence-electron chi connectivity index (χ4n) is 2.68. The summed E-state index contributed by atoms with van der Waals surface area (Å²) in [5, 5.41) is 0. The van der Waals surface area contributed by atoms with Crippen molar-refractivity contribution in [2.24, 2.45) is 5.73 Å². The molecule has 0 aromatic heterocycles. The lowest BCUT2D eigenvalue weighted by molar-refractivity contribution is 0.334. The van der Waals surface area contributed by atoms with Crippen LogP contribution >= 0.6 is 0 Å². The summed E-state index contributed by atoms with van der Waals surface area (Å²) in [5.41, 5.74) is 10.4. The molecule has 17 heavy (non-hydrogen) atoms. The van der Waals surface area contributed by atoms with Crippen LogP contribution in [0.15, 0.2) is 18.2 Å². The van der Waals surface area contributed by atoms with Gasteiger partial charge in [0, 0.05) is 23.8 Å². The minimum atomic E-state index is 0.217. The normalized spacial score (nSPS) is 23.8. The summed E-state index contributed by atoms with van der Waals surface area (Å²) in [7, 11) is 0. The second kappa shape index (κ2) is 4.34. The predicted octanol–water partition coefficient (Wildman–Crippen LogP) is 3.01. The fourth-order valence-corrected chi connectivity index (χ4v) is 2.68. The summed E-state index contributed by atoms with van der Waals surface area (Å²) in [6.07, 6.45) is 2.30. The highest BCUT2D eigenvalue weighted by atomic mass is 15.2. The molecule has 1 aromatic carbocycles. The molecule has 94 valence electrons. The van der Waals surface area contributed by atoms with Gasteiger partial charge in [-0.2, -0.15) is 0 Å². The maximum atomic E-state index is 6.13. The average Bonchev–Trinajstić information content (AvgIpc) is 2.26. The third kappa shape index (κ3) is 2.47. The largest absolute Gasteiger partial charge is 0.365 e. The Balaban J connectivity index is 2.39. The minimum absolute atomic E-state index is 0.217. The second-order valence-electron chi connectivity index (χ2n) is 6.01. The van der Waals surface area contributed by atoms with Gasteiger partial charge in [-0.15, -0.1) is 0 Å². The zero-order valence-electron chi connectivity index (χ0n) is 11.5. The number of nitrogens with zero attached hydrogens (tertiary/aromatic N) is 1. The Morgan fingerprint density at radius 1 is 1.29 bits per heavy atom. The van der Waals surface area contributed by atoms with E-state index in [9.17, 15) is 0 Å². The van der Waals surface area contributed by atoms with Crippen LogP contribution in [0.3, 0.4) is 0 Å². The summed E-state index contributed by atoms with van der Waals surface area (Å²) < 4.78 is 0. The van der Waals surface area contributed by atoms with E-state index in [1.165, 1.54) is 23.2 Å². The average molecular weight is 232 g/mol. The summed E-state index contributed by atoms with van der Waals surface area (Å²) >= 11 is 0. The van der Waals surface area contributed by atoms with Gasteiger partial charge in [0.1, 0.15) is 0 Å². The first-order valence-electron chi connectivity index (χ1n) is 6.50. The van der Waals surface area contributed by atoms with Crippen LogP contribution in [0.4, 0.5) is 5.69 Å². The topological polar surface area (TPSA) is 29.3 Å². The maximum absolute atomic E-state index is 6.13. The summed E-state index contributed by atoms with van der Waals surface area (Å²) in [5.74, 6) is 0. The Morgan fingerprint density at radius 2 is 2.00 bits per heavy atom. The van der Waals surface area contributed by atoms with Crippen molar-refractivity contribution in [3.05, 3.63) is 29.3 Å². The SMILES string of the molecule is Cc1ccc(C)c(N2CC(N)CCC2(C)C)c1. The van der Waals surface area contributed by atoms with Crippen LogP contribution in [0.2, 0.25) is 0 Å². The molecule has 1 aliphatic heterocycles. The molecule has 0 radical (unpaired) electrons. The number of anilines is 1. The van der Waals surface area contributed by atoms with Crippen molar-refractivity contribution in [1.82, 2.24) is 0 Å². The van der Waals surface area contributed by atoms with Gasteiger partial charge in [-0.25, -0.2) is 0 Å². The lowest BCUT2D eigenvalue weighted by Gasteiger charge is -2.47. The zero-order chi connectivity index (χ0) is 12.6. The van der Waals surface area contributed by atoms with E-state index in [4.69, 9.17) is 5.73 Å². The summed E-state index contributed by atoms with van der Waals surface area (Å²) in [4.78, 5) is 2.49. The van der Waals surface area contributed by atoms with Gasteiger partial charge in [-0.05, 0) is 57.7 Å². The van der Waals surface area contributed by atoms with Gasteiger partial charge in [0.15, 0.2) is 0 Å². The molecule has 2 N–H and O–H groups in total. The quantitative estimate of drug-likeness (QED) is 0.806. The molecule has 2 rings (SSSR count). The second-order valence-corrected chi connectivity index (χ2v) is 6.01. The predicted molar refractivity (Wildman–Crippen MR) is 74.6 cm³/mol. The van der Waals surface area contributed by atoms with Crippen molar-refractivity contribution >= 4 is 5.69 Å². The molecule has 2 heteroatoms. The Morgan fingerprint density at radius 3 is 2.71 bits per heavy atom. The molecular formula is C15H24N2. The van der Waals surface area contributed by atoms with Crippen LogP contribution in [0.5, 0.6) is 0 Å². The molecular weight excluding hydrogens is 208 g/mol. The van der Waals surface area contributed by atoms with Gasteiger partial charge in [-0.1, -0.05) is 12.1 Å². The van der Waals surface area contributed by atoms with Crippen molar-refractivity contribution < 1.29 is 0 Å². The Bertz CT molecular complexity index is 409. The third-order valence-electron chi connectivity index (χ3n) is 3.93. The molecule has 2 nitrogen and oxygen atoms in total. The Labute approximate surface area is 105 Å². The molecule has 0 amide bonds. The molecule has 1 aliphatic rings. The molecule has 0 saturated carbocycles. The lowest BCUT2D eigenvalue weighted by atomic mass is 9.87. The third-order valence-corrected chi connectivity index (χ3v) is 3.93. The molecule has 1 heterocycles. The molecule has 0 spiro atoms. The first kappa shape index (κ1) is 12.4. The zero-order valence-corrected chi connectivity index (χ0v) is 11.5. The molecule has 0 aliphatic carbocycles. The number of aryl methyl sites for hydroxylation is 2. The van der Waals surface area contributed by atoms with Crippen molar-refractivity contribution in [1.29, 1.82) is 0 Å². The summed E-state index contributed by atoms with van der Waals surface area (Å²) in [6, 6.07) is 6.98. The lowest BCUT2D eigenvalue weighted by Crippen LogP contribution is -2.54. The highest BCUT2D eigenvalue weighted by Gasteiger charge is 2.33. The minimum Gasteiger partial charge on any atom is -0.365 e. The number of hydrogen-bond acceptors (Lipinski definition) is 2. The van der Waals surface area contributed by atoms with Crippen LogP contribution < -0.4 is 10.6 Å². The molecule has 0 bridgehead atoms. The number of benzene rings is 1. The van der Waals surface area contributed by atoms with Gasteiger partial charge in [-0.3, -0.25) is 0 Å². The first-order valence-corrected chi connectivity index (χ1v) is 6.50. The van der Waals surface area contributed by atoms with Crippen LogP contribution in [-0.2, 0) is 0 Å². The van der Waals surface area contributed by atoms with Crippen LogP contribution in [0, 0.1) is 13.8 Å². The van der Waals surface area contributed by atoms with E-state index < -0.39 is 0 Å². The Hall–Kier alpha value is -1.02. The van der Waals surface area contributed by atoms with Gasteiger partial charge in [0.2, 0.25) is 0 Å². The van der Waals surface area contributed by atoms with E-state index >= 15 is 0 Å². The van der Waals surface area contributed by atoms with Gasteiger partial charge < -0.3 is 10.6 Å². The summed E-state index contributed by atoms with van der Waals surface area (Å²) in [6.45, 7) is 9.95. The van der Waals surface area contributed by atoms with Crippen LogP contribution in [0.1, 0.15) is 37.8 Å². The van der Waals surface area contributed by atoms with E-state index in [0.717, 1.165) is 13.0 Å². The van der Waals surface area contributed by atoms with Crippen LogP contribution in [0.25, 0.3) is 0 Å². The molecule has 1 fully saturated rings. The molecule has 1 aromatic rings. The van der Waals surface area contributed by atoms with Gasteiger partial charge >= 0.3 is 0 Å². The number of nitrogens with two attached hydrogens (primary N) is 1. The first-order chi connectivity index (χ1) is 7.90. The molecule has 1 unspecified atom stereocenters.